The third-order valence-corrected chi connectivity index (χ3v) is 4.96. The predicted molar refractivity (Wildman–Crippen MR) is 88.7 cm³/mol. The predicted octanol–water partition coefficient (Wildman–Crippen LogP) is 4.61. The van der Waals surface area contributed by atoms with E-state index in [4.69, 9.17) is 9.84 Å². The van der Waals surface area contributed by atoms with E-state index in [0.29, 0.717) is 11.8 Å². The number of benzene rings is 1. The zero-order chi connectivity index (χ0) is 16.4. The molecule has 2 rings (SSSR count). The second-order valence-corrected chi connectivity index (χ2v) is 6.78. The maximum absolute atomic E-state index is 11.0. The molecule has 3 nitrogen and oxygen atoms in total. The fourth-order valence-electron chi connectivity index (χ4n) is 3.57. The molecule has 1 fully saturated rings. The van der Waals surface area contributed by atoms with Crippen LogP contribution in [0.15, 0.2) is 6.07 Å². The molecule has 3 atom stereocenters. The summed E-state index contributed by atoms with van der Waals surface area (Å²) in [5.74, 6) is 0.986. The average molecular weight is 304 g/mol. The number of carboxylic acid groups (broad SMARTS) is 1. The lowest BCUT2D eigenvalue weighted by atomic mass is 9.86. The SMILES string of the molecule is CCCOc1cc(C)c(C(C)CC2CC2C(=O)O)c(C)c1C. The maximum atomic E-state index is 11.0. The molecule has 3 heteroatoms. The fraction of sp³-hybridized carbons (Fsp3) is 0.632. The van der Waals surface area contributed by atoms with E-state index in [-0.39, 0.29) is 5.92 Å². The third-order valence-electron chi connectivity index (χ3n) is 4.96. The van der Waals surface area contributed by atoms with Gasteiger partial charge in [-0.15, -0.1) is 0 Å². The van der Waals surface area contributed by atoms with Crippen LogP contribution in [0.5, 0.6) is 5.75 Å². The van der Waals surface area contributed by atoms with Crippen LogP contribution in [0.3, 0.4) is 0 Å². The summed E-state index contributed by atoms with van der Waals surface area (Å²) in [6.07, 6.45) is 2.82. The van der Waals surface area contributed by atoms with Gasteiger partial charge in [0.05, 0.1) is 12.5 Å². The number of carbonyl (C=O) groups is 1. The Bertz CT molecular complexity index is 562. The van der Waals surface area contributed by atoms with Gasteiger partial charge in [0, 0.05) is 0 Å². The first-order valence-corrected chi connectivity index (χ1v) is 8.33. The summed E-state index contributed by atoms with van der Waals surface area (Å²) in [6, 6.07) is 2.14. The van der Waals surface area contributed by atoms with Crippen molar-refractivity contribution in [2.75, 3.05) is 6.61 Å². The van der Waals surface area contributed by atoms with Crippen LogP contribution in [0.25, 0.3) is 0 Å². The van der Waals surface area contributed by atoms with Crippen molar-refractivity contribution in [2.24, 2.45) is 11.8 Å². The molecule has 0 bridgehead atoms. The van der Waals surface area contributed by atoms with Gasteiger partial charge < -0.3 is 9.84 Å². The lowest BCUT2D eigenvalue weighted by molar-refractivity contribution is -0.138. The van der Waals surface area contributed by atoms with Crippen molar-refractivity contribution in [2.45, 2.75) is 59.8 Å². The fourth-order valence-corrected chi connectivity index (χ4v) is 3.57. The molecule has 0 saturated heterocycles. The van der Waals surface area contributed by atoms with E-state index in [1.807, 2.05) is 0 Å². The zero-order valence-corrected chi connectivity index (χ0v) is 14.4. The molecular formula is C19H28O3. The summed E-state index contributed by atoms with van der Waals surface area (Å²) in [5, 5.41) is 9.06. The molecule has 1 aromatic rings. The van der Waals surface area contributed by atoms with Gasteiger partial charge in [-0.05, 0) is 80.2 Å². The van der Waals surface area contributed by atoms with E-state index in [2.05, 4.69) is 40.7 Å². The molecule has 3 unspecified atom stereocenters. The minimum atomic E-state index is -0.634. The van der Waals surface area contributed by atoms with E-state index < -0.39 is 5.97 Å². The zero-order valence-electron chi connectivity index (χ0n) is 14.4. The normalized spacial score (nSPS) is 21.5. The van der Waals surface area contributed by atoms with Gasteiger partial charge in [-0.1, -0.05) is 13.8 Å². The smallest absolute Gasteiger partial charge is 0.306 e. The minimum Gasteiger partial charge on any atom is -0.493 e. The highest BCUT2D eigenvalue weighted by atomic mass is 16.5. The molecule has 1 aliphatic carbocycles. The topological polar surface area (TPSA) is 46.5 Å². The summed E-state index contributed by atoms with van der Waals surface area (Å²) in [6.45, 7) is 11.5. The molecule has 0 aromatic heterocycles. The molecule has 0 heterocycles. The van der Waals surface area contributed by atoms with Crippen LogP contribution < -0.4 is 4.74 Å². The number of aliphatic carboxylic acids is 1. The third kappa shape index (κ3) is 3.45. The van der Waals surface area contributed by atoms with Crippen molar-refractivity contribution in [3.63, 3.8) is 0 Å². The lowest BCUT2D eigenvalue weighted by Gasteiger charge is -2.22. The van der Waals surface area contributed by atoms with Crippen molar-refractivity contribution in [3.8, 4) is 5.75 Å². The number of hydrogen-bond acceptors (Lipinski definition) is 2. The first kappa shape index (κ1) is 16.9. The molecule has 122 valence electrons. The van der Waals surface area contributed by atoms with Crippen LogP contribution in [0.1, 0.15) is 61.3 Å². The van der Waals surface area contributed by atoms with Crippen molar-refractivity contribution in [1.29, 1.82) is 0 Å². The van der Waals surface area contributed by atoms with Crippen LogP contribution in [-0.2, 0) is 4.79 Å². The Morgan fingerprint density at radius 3 is 2.59 bits per heavy atom. The molecule has 0 radical (unpaired) electrons. The second-order valence-electron chi connectivity index (χ2n) is 6.78. The van der Waals surface area contributed by atoms with Crippen LogP contribution in [0.4, 0.5) is 0 Å². The first-order valence-electron chi connectivity index (χ1n) is 8.33. The van der Waals surface area contributed by atoms with E-state index >= 15 is 0 Å². The number of carboxylic acids is 1. The number of ether oxygens (including phenoxy) is 1. The Balaban J connectivity index is 2.17. The Morgan fingerprint density at radius 1 is 1.36 bits per heavy atom. The molecule has 0 spiro atoms. The highest BCUT2D eigenvalue weighted by Gasteiger charge is 2.43. The molecular weight excluding hydrogens is 276 g/mol. The van der Waals surface area contributed by atoms with E-state index in [1.54, 1.807) is 0 Å². The van der Waals surface area contributed by atoms with Crippen LogP contribution in [-0.4, -0.2) is 17.7 Å². The Kier molecular flexibility index (Phi) is 5.15. The Hall–Kier alpha value is -1.51. The van der Waals surface area contributed by atoms with Crippen molar-refractivity contribution < 1.29 is 14.6 Å². The molecule has 1 aliphatic rings. The van der Waals surface area contributed by atoms with Crippen molar-refractivity contribution >= 4 is 5.97 Å². The van der Waals surface area contributed by atoms with Gasteiger partial charge in [-0.2, -0.15) is 0 Å². The highest BCUT2D eigenvalue weighted by Crippen LogP contribution is 2.46. The molecule has 0 aliphatic heterocycles. The Morgan fingerprint density at radius 2 is 2.05 bits per heavy atom. The Labute approximate surface area is 133 Å². The van der Waals surface area contributed by atoms with Gasteiger partial charge in [0.2, 0.25) is 0 Å². The van der Waals surface area contributed by atoms with Gasteiger partial charge >= 0.3 is 5.97 Å². The first-order chi connectivity index (χ1) is 10.4. The number of hydrogen-bond donors (Lipinski definition) is 1. The summed E-state index contributed by atoms with van der Waals surface area (Å²) in [7, 11) is 0. The molecule has 1 aromatic carbocycles. The van der Waals surface area contributed by atoms with Crippen LogP contribution >= 0.6 is 0 Å². The number of aryl methyl sites for hydroxylation is 1. The van der Waals surface area contributed by atoms with Gasteiger partial charge in [0.1, 0.15) is 5.75 Å². The standard InChI is InChI=1S/C19H28O3/c1-6-7-22-17-9-12(3)18(14(5)13(17)4)11(2)8-15-10-16(15)19(20)21/h9,11,15-16H,6-8,10H2,1-5H3,(H,20,21). The van der Waals surface area contributed by atoms with Gasteiger partial charge in [0.15, 0.2) is 0 Å². The van der Waals surface area contributed by atoms with Crippen molar-refractivity contribution in [3.05, 3.63) is 28.3 Å². The maximum Gasteiger partial charge on any atom is 0.306 e. The molecule has 1 N–H and O–H groups in total. The van der Waals surface area contributed by atoms with Gasteiger partial charge in [0.25, 0.3) is 0 Å². The average Bonchev–Trinajstić information content (AvgIpc) is 3.20. The minimum absolute atomic E-state index is 0.115. The lowest BCUT2D eigenvalue weighted by Crippen LogP contribution is -2.07. The van der Waals surface area contributed by atoms with E-state index in [9.17, 15) is 4.79 Å². The summed E-state index contributed by atoms with van der Waals surface area (Å²) in [5.41, 5.74) is 5.14. The highest BCUT2D eigenvalue weighted by molar-refractivity contribution is 5.73. The summed E-state index contributed by atoms with van der Waals surface area (Å²) in [4.78, 5) is 11.0. The molecule has 1 saturated carbocycles. The van der Waals surface area contributed by atoms with Crippen LogP contribution in [0.2, 0.25) is 0 Å². The van der Waals surface area contributed by atoms with E-state index in [1.165, 1.54) is 22.3 Å². The number of rotatable bonds is 7. The quantitative estimate of drug-likeness (QED) is 0.800. The van der Waals surface area contributed by atoms with Crippen molar-refractivity contribution in [1.82, 2.24) is 0 Å². The van der Waals surface area contributed by atoms with E-state index in [0.717, 1.165) is 31.6 Å². The van der Waals surface area contributed by atoms with Crippen LogP contribution in [0, 0.1) is 32.6 Å². The van der Waals surface area contributed by atoms with Gasteiger partial charge in [-0.25, -0.2) is 0 Å². The summed E-state index contributed by atoms with van der Waals surface area (Å²) < 4.78 is 5.85. The van der Waals surface area contributed by atoms with Gasteiger partial charge in [-0.3, -0.25) is 4.79 Å². The largest absolute Gasteiger partial charge is 0.493 e. The monoisotopic (exact) mass is 304 g/mol. The molecule has 0 amide bonds. The molecule has 22 heavy (non-hydrogen) atoms. The summed E-state index contributed by atoms with van der Waals surface area (Å²) >= 11 is 0. The second kappa shape index (κ2) is 6.72.